The monoisotopic (exact) mass is 423 g/mol. The van der Waals surface area contributed by atoms with Crippen LogP contribution < -0.4 is 15.5 Å². The van der Waals surface area contributed by atoms with Crippen LogP contribution in [0.5, 0.6) is 0 Å². The van der Waals surface area contributed by atoms with E-state index in [9.17, 15) is 9.59 Å². The van der Waals surface area contributed by atoms with Gasteiger partial charge in [-0.25, -0.2) is 0 Å². The second kappa shape index (κ2) is 11.0. The number of nitrogens with one attached hydrogen (secondary N) is 2. The second-order valence-corrected chi connectivity index (χ2v) is 9.74. The lowest BCUT2D eigenvalue weighted by Gasteiger charge is -2.23. The second-order valence-electron chi connectivity index (χ2n) is 9.74. The minimum absolute atomic E-state index is 0.0233. The molecule has 0 bridgehead atoms. The zero-order valence-corrected chi connectivity index (χ0v) is 19.8. The summed E-state index contributed by atoms with van der Waals surface area (Å²) in [6.45, 7) is 9.21. The SMILES string of the molecule is CC(CC(=O)Nc1ccc(N(C)C)c(C(=O)NCCc2ccccc2)c1)CC(C)(C)C. The van der Waals surface area contributed by atoms with Gasteiger partial charge in [0, 0.05) is 38.4 Å². The molecule has 0 aromatic heterocycles. The van der Waals surface area contributed by atoms with Crippen molar-refractivity contribution in [1.82, 2.24) is 5.32 Å². The molecule has 5 heteroatoms. The van der Waals surface area contributed by atoms with Gasteiger partial charge in [-0.2, -0.15) is 0 Å². The highest BCUT2D eigenvalue weighted by Crippen LogP contribution is 2.27. The first-order valence-electron chi connectivity index (χ1n) is 11.0. The summed E-state index contributed by atoms with van der Waals surface area (Å²) in [5.41, 5.74) is 3.39. The Balaban J connectivity index is 2.04. The molecule has 5 nitrogen and oxygen atoms in total. The van der Waals surface area contributed by atoms with Crippen molar-refractivity contribution in [3.05, 3.63) is 59.7 Å². The number of hydrogen-bond donors (Lipinski definition) is 2. The Bertz CT molecular complexity index is 870. The van der Waals surface area contributed by atoms with Crippen LogP contribution in [0.15, 0.2) is 48.5 Å². The van der Waals surface area contributed by atoms with E-state index in [1.807, 2.05) is 61.5 Å². The molecule has 0 aliphatic carbocycles. The van der Waals surface area contributed by atoms with Gasteiger partial charge in [0.2, 0.25) is 5.91 Å². The van der Waals surface area contributed by atoms with Crippen molar-refractivity contribution in [3.63, 3.8) is 0 Å². The maximum absolute atomic E-state index is 12.9. The zero-order chi connectivity index (χ0) is 23.0. The Hall–Kier alpha value is -2.82. The van der Waals surface area contributed by atoms with E-state index in [4.69, 9.17) is 0 Å². The topological polar surface area (TPSA) is 61.4 Å². The normalized spacial score (nSPS) is 12.2. The minimum Gasteiger partial charge on any atom is -0.377 e. The van der Waals surface area contributed by atoms with E-state index in [0.717, 1.165) is 18.5 Å². The molecule has 168 valence electrons. The van der Waals surface area contributed by atoms with Crippen LogP contribution >= 0.6 is 0 Å². The predicted molar refractivity (Wildman–Crippen MR) is 130 cm³/mol. The van der Waals surface area contributed by atoms with Crippen LogP contribution in [0.3, 0.4) is 0 Å². The summed E-state index contributed by atoms with van der Waals surface area (Å²) in [7, 11) is 3.81. The van der Waals surface area contributed by atoms with Crippen LogP contribution in [0.1, 0.15) is 56.5 Å². The van der Waals surface area contributed by atoms with Crippen LogP contribution in [-0.2, 0) is 11.2 Å². The standard InChI is InChI=1S/C26H37N3O2/c1-19(18-26(2,3)4)16-24(30)28-21-12-13-23(29(5)6)22(17-21)25(31)27-15-14-20-10-8-7-9-11-20/h7-13,17,19H,14-16,18H2,1-6H3,(H,27,31)(H,28,30). The molecule has 0 radical (unpaired) electrons. The van der Waals surface area contributed by atoms with Crippen LogP contribution in [0.2, 0.25) is 0 Å². The number of carbonyl (C=O) groups is 2. The zero-order valence-electron chi connectivity index (χ0n) is 19.8. The number of amides is 2. The fourth-order valence-electron chi connectivity index (χ4n) is 3.89. The Labute approximate surface area is 187 Å². The first-order valence-corrected chi connectivity index (χ1v) is 11.0. The van der Waals surface area contributed by atoms with Crippen LogP contribution in [0, 0.1) is 11.3 Å². The molecule has 2 aromatic carbocycles. The fourth-order valence-corrected chi connectivity index (χ4v) is 3.89. The molecule has 0 saturated carbocycles. The van der Waals surface area contributed by atoms with Crippen molar-refractivity contribution >= 4 is 23.2 Å². The summed E-state index contributed by atoms with van der Waals surface area (Å²) in [6.07, 6.45) is 2.21. The van der Waals surface area contributed by atoms with Gasteiger partial charge in [-0.05, 0) is 47.9 Å². The van der Waals surface area contributed by atoms with Crippen LogP contribution in [-0.4, -0.2) is 32.5 Å². The molecule has 1 atom stereocenters. The molecule has 0 spiro atoms. The third-order valence-electron chi connectivity index (χ3n) is 5.04. The van der Waals surface area contributed by atoms with Gasteiger partial charge in [-0.3, -0.25) is 9.59 Å². The quantitative estimate of drug-likeness (QED) is 0.588. The Morgan fingerprint density at radius 1 is 1.03 bits per heavy atom. The molecule has 2 rings (SSSR count). The van der Waals surface area contributed by atoms with Crippen LogP contribution in [0.25, 0.3) is 0 Å². The van der Waals surface area contributed by atoms with E-state index in [0.29, 0.717) is 30.1 Å². The van der Waals surface area contributed by atoms with E-state index >= 15 is 0 Å². The largest absolute Gasteiger partial charge is 0.377 e. The molecule has 2 N–H and O–H groups in total. The summed E-state index contributed by atoms with van der Waals surface area (Å²) in [5.74, 6) is 0.128. The molecule has 1 unspecified atom stereocenters. The summed E-state index contributed by atoms with van der Waals surface area (Å²) >= 11 is 0. The molecule has 2 amide bonds. The van der Waals surface area contributed by atoms with Gasteiger partial charge in [0.15, 0.2) is 0 Å². The Morgan fingerprint density at radius 3 is 2.32 bits per heavy atom. The van der Waals surface area contributed by atoms with Crippen LogP contribution in [0.4, 0.5) is 11.4 Å². The molecule has 0 fully saturated rings. The summed E-state index contributed by atoms with van der Waals surface area (Å²) in [6, 6.07) is 15.6. The molecule has 31 heavy (non-hydrogen) atoms. The van der Waals surface area contributed by atoms with E-state index in [-0.39, 0.29) is 17.2 Å². The molecular formula is C26H37N3O2. The van der Waals surface area contributed by atoms with Crippen molar-refractivity contribution in [2.75, 3.05) is 30.9 Å². The minimum atomic E-state index is -0.142. The molecular weight excluding hydrogens is 386 g/mol. The average molecular weight is 424 g/mol. The molecule has 0 aliphatic heterocycles. The summed E-state index contributed by atoms with van der Waals surface area (Å²) < 4.78 is 0. The predicted octanol–water partition coefficient (Wildman–Crippen LogP) is 5.13. The summed E-state index contributed by atoms with van der Waals surface area (Å²) in [4.78, 5) is 27.3. The lowest BCUT2D eigenvalue weighted by atomic mass is 9.84. The maximum atomic E-state index is 12.9. The van der Waals surface area contributed by atoms with Crippen molar-refractivity contribution in [3.8, 4) is 0 Å². The van der Waals surface area contributed by atoms with Gasteiger partial charge in [0.1, 0.15) is 0 Å². The molecule has 0 aliphatic rings. The Morgan fingerprint density at radius 2 is 1.71 bits per heavy atom. The van der Waals surface area contributed by atoms with Gasteiger partial charge < -0.3 is 15.5 Å². The third-order valence-corrected chi connectivity index (χ3v) is 5.04. The Kier molecular flexibility index (Phi) is 8.66. The van der Waals surface area contributed by atoms with Crippen molar-refractivity contribution in [2.45, 2.75) is 47.0 Å². The molecule has 2 aromatic rings. The van der Waals surface area contributed by atoms with Gasteiger partial charge in [-0.15, -0.1) is 0 Å². The van der Waals surface area contributed by atoms with E-state index in [1.165, 1.54) is 5.56 Å². The first kappa shape index (κ1) is 24.4. The average Bonchev–Trinajstić information content (AvgIpc) is 2.66. The lowest BCUT2D eigenvalue weighted by Crippen LogP contribution is -2.28. The number of rotatable bonds is 9. The highest BCUT2D eigenvalue weighted by Gasteiger charge is 2.19. The van der Waals surface area contributed by atoms with Crippen molar-refractivity contribution in [2.24, 2.45) is 11.3 Å². The van der Waals surface area contributed by atoms with E-state index in [1.54, 1.807) is 6.07 Å². The summed E-state index contributed by atoms with van der Waals surface area (Å²) in [5, 5.41) is 5.97. The van der Waals surface area contributed by atoms with Crippen molar-refractivity contribution in [1.29, 1.82) is 0 Å². The highest BCUT2D eigenvalue weighted by molar-refractivity contribution is 6.02. The van der Waals surface area contributed by atoms with Crippen molar-refractivity contribution < 1.29 is 9.59 Å². The fraction of sp³-hybridized carbons (Fsp3) is 0.462. The van der Waals surface area contributed by atoms with Gasteiger partial charge in [0.25, 0.3) is 5.91 Å². The number of nitrogens with zero attached hydrogens (tertiary/aromatic N) is 1. The highest BCUT2D eigenvalue weighted by atomic mass is 16.2. The van der Waals surface area contributed by atoms with Gasteiger partial charge in [-0.1, -0.05) is 58.0 Å². The lowest BCUT2D eigenvalue weighted by molar-refractivity contribution is -0.117. The molecule has 0 heterocycles. The number of carbonyl (C=O) groups excluding carboxylic acids is 2. The first-order chi connectivity index (χ1) is 14.5. The van der Waals surface area contributed by atoms with E-state index < -0.39 is 0 Å². The van der Waals surface area contributed by atoms with Gasteiger partial charge >= 0.3 is 0 Å². The number of benzene rings is 2. The smallest absolute Gasteiger partial charge is 0.253 e. The van der Waals surface area contributed by atoms with Gasteiger partial charge in [0.05, 0.1) is 5.56 Å². The maximum Gasteiger partial charge on any atom is 0.253 e. The number of anilines is 2. The third kappa shape index (κ3) is 8.44. The molecule has 0 saturated heterocycles. The number of hydrogen-bond acceptors (Lipinski definition) is 3. The van der Waals surface area contributed by atoms with E-state index in [2.05, 4.69) is 38.3 Å².